The van der Waals surface area contributed by atoms with Gasteiger partial charge in [-0.2, -0.15) is 0 Å². The second-order valence-electron chi connectivity index (χ2n) is 5.46. The molecule has 0 saturated carbocycles. The van der Waals surface area contributed by atoms with Gasteiger partial charge in [-0.05, 0) is 24.5 Å². The van der Waals surface area contributed by atoms with Gasteiger partial charge in [0, 0.05) is 30.1 Å². The molecule has 6 heteroatoms. The highest BCUT2D eigenvalue weighted by Crippen LogP contribution is 2.19. The van der Waals surface area contributed by atoms with Crippen LogP contribution in [-0.2, 0) is 20.7 Å². The van der Waals surface area contributed by atoms with Crippen molar-refractivity contribution in [2.75, 3.05) is 6.61 Å². The van der Waals surface area contributed by atoms with Gasteiger partial charge in [-0.25, -0.2) is 4.79 Å². The van der Waals surface area contributed by atoms with Crippen molar-refractivity contribution in [1.82, 2.24) is 10.3 Å². The number of carbonyl (C=O) groups is 2. The van der Waals surface area contributed by atoms with Crippen molar-refractivity contribution in [3.8, 4) is 0 Å². The third-order valence-electron chi connectivity index (χ3n) is 3.94. The van der Waals surface area contributed by atoms with Crippen LogP contribution in [0.25, 0.3) is 10.9 Å². The summed E-state index contributed by atoms with van der Waals surface area (Å²) in [5.41, 5.74) is 1.82. The van der Waals surface area contributed by atoms with E-state index in [4.69, 9.17) is 4.74 Å². The summed E-state index contributed by atoms with van der Waals surface area (Å²) in [7, 11) is 0. The quantitative estimate of drug-likeness (QED) is 0.779. The molecule has 2 aromatic rings. The second-order valence-corrected chi connectivity index (χ2v) is 5.46. The summed E-state index contributed by atoms with van der Waals surface area (Å²) < 4.78 is 5.29. The molecule has 116 valence electrons. The number of fused-ring (bicyclic) bond motifs is 1. The normalized spacial score (nSPS) is 19.2. The first-order chi connectivity index (χ1) is 10.6. The van der Waals surface area contributed by atoms with Crippen LogP contribution in [0.15, 0.2) is 30.5 Å². The van der Waals surface area contributed by atoms with Crippen LogP contribution in [0.1, 0.15) is 18.4 Å². The molecule has 0 radical (unpaired) electrons. The number of amides is 1. The number of rotatable bonds is 5. The van der Waals surface area contributed by atoms with Crippen molar-refractivity contribution in [2.24, 2.45) is 0 Å². The lowest BCUT2D eigenvalue weighted by Crippen LogP contribution is -2.46. The zero-order chi connectivity index (χ0) is 15.5. The number of carbonyl (C=O) groups excluding carboxylic acids is 1. The van der Waals surface area contributed by atoms with E-state index < -0.39 is 18.1 Å². The van der Waals surface area contributed by atoms with E-state index in [0.29, 0.717) is 13.0 Å². The Kier molecular flexibility index (Phi) is 4.11. The minimum absolute atomic E-state index is 0.234. The van der Waals surface area contributed by atoms with Gasteiger partial charge < -0.3 is 20.1 Å². The number of para-hydroxylation sites is 1. The van der Waals surface area contributed by atoms with Crippen molar-refractivity contribution >= 4 is 22.8 Å². The Balaban J connectivity index is 1.74. The van der Waals surface area contributed by atoms with E-state index in [1.54, 1.807) is 6.20 Å². The van der Waals surface area contributed by atoms with Crippen LogP contribution in [0, 0.1) is 0 Å². The van der Waals surface area contributed by atoms with Crippen LogP contribution >= 0.6 is 0 Å². The monoisotopic (exact) mass is 302 g/mol. The highest BCUT2D eigenvalue weighted by Gasteiger charge is 2.28. The van der Waals surface area contributed by atoms with E-state index >= 15 is 0 Å². The van der Waals surface area contributed by atoms with Gasteiger partial charge in [0.1, 0.15) is 12.1 Å². The first kappa shape index (κ1) is 14.6. The van der Waals surface area contributed by atoms with Crippen molar-refractivity contribution < 1.29 is 19.4 Å². The molecular weight excluding hydrogens is 284 g/mol. The summed E-state index contributed by atoms with van der Waals surface area (Å²) in [6.07, 6.45) is 2.98. The molecule has 2 unspecified atom stereocenters. The minimum Gasteiger partial charge on any atom is -0.480 e. The molecule has 1 aliphatic heterocycles. The van der Waals surface area contributed by atoms with Crippen LogP contribution in [-0.4, -0.2) is 40.7 Å². The lowest BCUT2D eigenvalue weighted by atomic mass is 10.0. The Morgan fingerprint density at radius 1 is 1.41 bits per heavy atom. The number of hydrogen-bond acceptors (Lipinski definition) is 3. The maximum absolute atomic E-state index is 12.0. The SMILES string of the molecule is O=C(O)C(Cc1c[nH]c2ccccc12)NC(=O)C1CCCO1. The number of aromatic nitrogens is 1. The van der Waals surface area contributed by atoms with Gasteiger partial charge in [0.25, 0.3) is 0 Å². The summed E-state index contributed by atoms with van der Waals surface area (Å²) in [5.74, 6) is -1.39. The number of H-pyrrole nitrogens is 1. The van der Waals surface area contributed by atoms with Gasteiger partial charge in [-0.3, -0.25) is 4.79 Å². The van der Waals surface area contributed by atoms with E-state index in [-0.39, 0.29) is 12.3 Å². The molecule has 1 aliphatic rings. The third-order valence-corrected chi connectivity index (χ3v) is 3.94. The number of nitrogens with one attached hydrogen (secondary N) is 2. The number of carboxylic acids is 1. The van der Waals surface area contributed by atoms with Crippen molar-refractivity contribution in [3.63, 3.8) is 0 Å². The Morgan fingerprint density at radius 3 is 2.95 bits per heavy atom. The summed E-state index contributed by atoms with van der Waals surface area (Å²) in [6, 6.07) is 6.72. The molecule has 1 aromatic carbocycles. The Morgan fingerprint density at radius 2 is 2.23 bits per heavy atom. The molecular formula is C16H18N2O4. The first-order valence-corrected chi connectivity index (χ1v) is 7.35. The van der Waals surface area contributed by atoms with Gasteiger partial charge in [-0.15, -0.1) is 0 Å². The van der Waals surface area contributed by atoms with E-state index in [9.17, 15) is 14.7 Å². The van der Waals surface area contributed by atoms with Gasteiger partial charge in [0.05, 0.1) is 0 Å². The van der Waals surface area contributed by atoms with E-state index in [2.05, 4.69) is 10.3 Å². The van der Waals surface area contributed by atoms with E-state index in [0.717, 1.165) is 22.9 Å². The fourth-order valence-electron chi connectivity index (χ4n) is 2.77. The molecule has 2 heterocycles. The van der Waals surface area contributed by atoms with Crippen LogP contribution in [0.3, 0.4) is 0 Å². The molecule has 0 bridgehead atoms. The first-order valence-electron chi connectivity index (χ1n) is 7.35. The molecule has 1 amide bonds. The van der Waals surface area contributed by atoms with Crippen LogP contribution in [0.4, 0.5) is 0 Å². The summed E-state index contributed by atoms with van der Waals surface area (Å²) >= 11 is 0. The molecule has 3 N–H and O–H groups in total. The van der Waals surface area contributed by atoms with E-state index in [1.165, 1.54) is 0 Å². The maximum atomic E-state index is 12.0. The molecule has 0 aliphatic carbocycles. The number of benzene rings is 1. The zero-order valence-electron chi connectivity index (χ0n) is 12.0. The van der Waals surface area contributed by atoms with Gasteiger partial charge in [-0.1, -0.05) is 18.2 Å². The number of ether oxygens (including phenoxy) is 1. The lowest BCUT2D eigenvalue weighted by Gasteiger charge is -2.17. The van der Waals surface area contributed by atoms with Gasteiger partial charge in [0.15, 0.2) is 0 Å². The Bertz CT molecular complexity index is 688. The largest absolute Gasteiger partial charge is 0.480 e. The zero-order valence-corrected chi connectivity index (χ0v) is 12.0. The van der Waals surface area contributed by atoms with Gasteiger partial charge in [0.2, 0.25) is 5.91 Å². The van der Waals surface area contributed by atoms with Crippen molar-refractivity contribution in [1.29, 1.82) is 0 Å². The maximum Gasteiger partial charge on any atom is 0.326 e. The predicted octanol–water partition coefficient (Wildman–Crippen LogP) is 1.46. The predicted molar refractivity (Wildman–Crippen MR) is 80.5 cm³/mol. The summed E-state index contributed by atoms with van der Waals surface area (Å²) in [6.45, 7) is 0.554. The van der Waals surface area contributed by atoms with Crippen LogP contribution < -0.4 is 5.32 Å². The van der Waals surface area contributed by atoms with Crippen LogP contribution in [0.5, 0.6) is 0 Å². The topological polar surface area (TPSA) is 91.4 Å². The number of aromatic amines is 1. The number of hydrogen-bond donors (Lipinski definition) is 3. The fraction of sp³-hybridized carbons (Fsp3) is 0.375. The lowest BCUT2D eigenvalue weighted by molar-refractivity contribution is -0.143. The highest BCUT2D eigenvalue weighted by molar-refractivity contribution is 5.88. The molecule has 0 spiro atoms. The van der Waals surface area contributed by atoms with Crippen LogP contribution in [0.2, 0.25) is 0 Å². The molecule has 2 atom stereocenters. The highest BCUT2D eigenvalue weighted by atomic mass is 16.5. The van der Waals surface area contributed by atoms with Crippen molar-refractivity contribution in [3.05, 3.63) is 36.0 Å². The fourth-order valence-corrected chi connectivity index (χ4v) is 2.77. The Hall–Kier alpha value is -2.34. The second kappa shape index (κ2) is 6.19. The number of aliphatic carboxylic acids is 1. The summed E-state index contributed by atoms with van der Waals surface area (Å²) in [4.78, 5) is 26.6. The molecule has 6 nitrogen and oxygen atoms in total. The number of carboxylic acid groups (broad SMARTS) is 1. The average Bonchev–Trinajstić information content (AvgIpc) is 3.16. The minimum atomic E-state index is -1.04. The average molecular weight is 302 g/mol. The molecule has 1 saturated heterocycles. The third kappa shape index (κ3) is 2.96. The Labute approximate surface area is 127 Å². The smallest absolute Gasteiger partial charge is 0.326 e. The molecule has 1 aromatic heterocycles. The molecule has 1 fully saturated rings. The van der Waals surface area contributed by atoms with Gasteiger partial charge >= 0.3 is 5.97 Å². The van der Waals surface area contributed by atoms with E-state index in [1.807, 2.05) is 24.3 Å². The standard InChI is InChI=1S/C16H18N2O4/c19-15(14-6-3-7-22-14)18-13(16(20)21)8-10-9-17-12-5-2-1-4-11(10)12/h1-2,4-5,9,13-14,17H,3,6-8H2,(H,18,19)(H,20,21). The van der Waals surface area contributed by atoms with Crippen molar-refractivity contribution in [2.45, 2.75) is 31.4 Å². The summed E-state index contributed by atoms with van der Waals surface area (Å²) in [5, 5.41) is 12.9. The molecule has 3 rings (SSSR count). The molecule has 22 heavy (non-hydrogen) atoms.